The molecule has 0 aliphatic carbocycles. The lowest BCUT2D eigenvalue weighted by Crippen LogP contribution is -2.30. The summed E-state index contributed by atoms with van der Waals surface area (Å²) >= 11 is 0. The van der Waals surface area contributed by atoms with Crippen LogP contribution < -0.4 is 9.64 Å². The quantitative estimate of drug-likeness (QED) is 0.200. The Labute approximate surface area is 209 Å². The molecule has 0 radical (unpaired) electrons. The summed E-state index contributed by atoms with van der Waals surface area (Å²) in [5.41, 5.74) is 3.43. The van der Waals surface area contributed by atoms with Gasteiger partial charge in [0, 0.05) is 31.9 Å². The van der Waals surface area contributed by atoms with E-state index in [1.165, 1.54) is 0 Å². The number of anilines is 1. The van der Waals surface area contributed by atoms with Crippen LogP contribution in [0.15, 0.2) is 48.0 Å². The lowest BCUT2D eigenvalue weighted by molar-refractivity contribution is -0.139. The molecular weight excluding hydrogens is 440 g/mol. The van der Waals surface area contributed by atoms with Crippen molar-refractivity contribution in [2.45, 2.75) is 58.9 Å². The van der Waals surface area contributed by atoms with Gasteiger partial charge >= 0.3 is 0 Å². The van der Waals surface area contributed by atoms with Crippen LogP contribution in [0.4, 0.5) is 5.69 Å². The number of hydrogen-bond donors (Lipinski definition) is 1. The number of aliphatic hydroxyl groups excluding tert-OH is 1. The van der Waals surface area contributed by atoms with Gasteiger partial charge in [-0.15, -0.1) is 0 Å². The van der Waals surface area contributed by atoms with Gasteiger partial charge in [0.05, 0.1) is 18.2 Å². The number of amides is 1. The third kappa shape index (κ3) is 5.53. The van der Waals surface area contributed by atoms with Crippen molar-refractivity contribution in [1.82, 2.24) is 4.90 Å². The Kier molecular flexibility index (Phi) is 8.60. The number of nitrogens with zero attached hydrogens (tertiary/aromatic N) is 2. The maximum atomic E-state index is 13.3. The van der Waals surface area contributed by atoms with Crippen molar-refractivity contribution in [3.8, 4) is 5.75 Å². The topological polar surface area (TPSA) is 70.1 Å². The van der Waals surface area contributed by atoms with Crippen LogP contribution in [0.2, 0.25) is 0 Å². The van der Waals surface area contributed by atoms with Crippen LogP contribution in [0.1, 0.15) is 75.6 Å². The molecule has 1 atom stereocenters. The summed E-state index contributed by atoms with van der Waals surface area (Å²) in [5.74, 6) is -0.418. The SMILES string of the molecule is CCCCCN1C(=O)C(=O)/C(=C(\O)c2ccc(OCC)c(C(C)C)c2)C1c1ccc(N(C)C)cc1. The molecule has 1 unspecified atom stereocenters. The van der Waals surface area contributed by atoms with Crippen molar-refractivity contribution in [2.24, 2.45) is 0 Å². The predicted molar refractivity (Wildman–Crippen MR) is 141 cm³/mol. The van der Waals surface area contributed by atoms with Crippen LogP contribution in [-0.2, 0) is 9.59 Å². The van der Waals surface area contributed by atoms with E-state index in [2.05, 4.69) is 20.8 Å². The number of likely N-dealkylation sites (tertiary alicyclic amines) is 1. The van der Waals surface area contributed by atoms with Crippen LogP contribution in [0.25, 0.3) is 5.76 Å². The van der Waals surface area contributed by atoms with E-state index in [9.17, 15) is 14.7 Å². The number of benzene rings is 2. The molecule has 2 aromatic carbocycles. The zero-order valence-electron chi connectivity index (χ0n) is 21.8. The van der Waals surface area contributed by atoms with Crippen molar-refractivity contribution in [1.29, 1.82) is 0 Å². The average Bonchev–Trinajstić information content (AvgIpc) is 3.09. The number of hydrogen-bond acceptors (Lipinski definition) is 5. The van der Waals surface area contributed by atoms with E-state index >= 15 is 0 Å². The molecule has 0 bridgehead atoms. The molecule has 2 aromatic rings. The molecule has 35 heavy (non-hydrogen) atoms. The highest BCUT2D eigenvalue weighted by Gasteiger charge is 2.45. The first-order valence-corrected chi connectivity index (χ1v) is 12.5. The highest BCUT2D eigenvalue weighted by atomic mass is 16.5. The van der Waals surface area contributed by atoms with Crippen molar-refractivity contribution in [3.63, 3.8) is 0 Å². The lowest BCUT2D eigenvalue weighted by atomic mass is 9.93. The van der Waals surface area contributed by atoms with Gasteiger partial charge in [-0.05, 0) is 60.7 Å². The molecule has 1 amide bonds. The highest BCUT2D eigenvalue weighted by molar-refractivity contribution is 6.46. The number of Topliss-reactive ketones (excluding diaryl/α,β-unsaturated/α-hetero) is 1. The maximum absolute atomic E-state index is 13.3. The molecule has 188 valence electrons. The number of carbonyl (C=O) groups is 2. The average molecular weight is 479 g/mol. The minimum absolute atomic E-state index is 0.142. The Bertz CT molecular complexity index is 1090. The maximum Gasteiger partial charge on any atom is 0.295 e. The number of ketones is 1. The fourth-order valence-electron chi connectivity index (χ4n) is 4.53. The first-order chi connectivity index (χ1) is 16.7. The molecule has 0 saturated carbocycles. The van der Waals surface area contributed by atoms with Crippen molar-refractivity contribution in [2.75, 3.05) is 32.1 Å². The van der Waals surface area contributed by atoms with Crippen LogP contribution in [-0.4, -0.2) is 48.9 Å². The van der Waals surface area contributed by atoms with E-state index < -0.39 is 17.7 Å². The number of rotatable bonds is 10. The van der Waals surface area contributed by atoms with Gasteiger partial charge in [-0.25, -0.2) is 0 Å². The van der Waals surface area contributed by atoms with E-state index in [1.807, 2.05) is 62.3 Å². The molecule has 1 heterocycles. The molecule has 1 aliphatic rings. The van der Waals surface area contributed by atoms with E-state index in [-0.39, 0.29) is 17.3 Å². The van der Waals surface area contributed by atoms with Crippen LogP contribution >= 0.6 is 0 Å². The van der Waals surface area contributed by atoms with Gasteiger partial charge in [0.25, 0.3) is 11.7 Å². The van der Waals surface area contributed by atoms with Gasteiger partial charge in [0.15, 0.2) is 0 Å². The van der Waals surface area contributed by atoms with Crippen LogP contribution in [0.3, 0.4) is 0 Å². The molecule has 6 nitrogen and oxygen atoms in total. The second-order valence-corrected chi connectivity index (χ2v) is 9.53. The molecule has 1 aliphatic heterocycles. The zero-order chi connectivity index (χ0) is 25.7. The summed E-state index contributed by atoms with van der Waals surface area (Å²) in [6, 6.07) is 12.6. The predicted octanol–water partition coefficient (Wildman–Crippen LogP) is 5.89. The van der Waals surface area contributed by atoms with Crippen LogP contribution in [0.5, 0.6) is 5.75 Å². The van der Waals surface area contributed by atoms with E-state index in [1.54, 1.807) is 11.0 Å². The Morgan fingerprint density at radius 2 is 1.74 bits per heavy atom. The first kappa shape index (κ1) is 26.3. The highest BCUT2D eigenvalue weighted by Crippen LogP contribution is 2.41. The molecule has 6 heteroatoms. The summed E-state index contributed by atoms with van der Waals surface area (Å²) < 4.78 is 5.76. The second kappa shape index (κ2) is 11.4. The monoisotopic (exact) mass is 478 g/mol. The summed E-state index contributed by atoms with van der Waals surface area (Å²) in [4.78, 5) is 30.0. The molecular formula is C29H38N2O4. The van der Waals surface area contributed by atoms with Crippen LogP contribution in [0, 0.1) is 0 Å². The lowest BCUT2D eigenvalue weighted by Gasteiger charge is -2.26. The largest absolute Gasteiger partial charge is 0.507 e. The Hall–Kier alpha value is -3.28. The third-order valence-electron chi connectivity index (χ3n) is 6.47. The number of ether oxygens (including phenoxy) is 1. The minimum atomic E-state index is -0.638. The summed E-state index contributed by atoms with van der Waals surface area (Å²) in [6.07, 6.45) is 2.78. The Morgan fingerprint density at radius 1 is 1.06 bits per heavy atom. The Balaban J connectivity index is 2.14. The number of carbonyl (C=O) groups excluding carboxylic acids is 2. The first-order valence-electron chi connectivity index (χ1n) is 12.5. The molecule has 3 rings (SSSR count). The Morgan fingerprint density at radius 3 is 2.31 bits per heavy atom. The van der Waals surface area contributed by atoms with Gasteiger partial charge in [-0.3, -0.25) is 9.59 Å². The fraction of sp³-hybridized carbons (Fsp3) is 0.448. The molecule has 1 saturated heterocycles. The molecule has 0 aromatic heterocycles. The van der Waals surface area contributed by atoms with E-state index in [4.69, 9.17) is 4.74 Å². The van der Waals surface area contributed by atoms with Gasteiger partial charge in [0.1, 0.15) is 11.5 Å². The van der Waals surface area contributed by atoms with Gasteiger partial charge in [-0.1, -0.05) is 45.7 Å². The molecule has 1 N–H and O–H groups in total. The van der Waals surface area contributed by atoms with Gasteiger partial charge in [0.2, 0.25) is 0 Å². The summed E-state index contributed by atoms with van der Waals surface area (Å²) in [7, 11) is 3.92. The minimum Gasteiger partial charge on any atom is -0.507 e. The van der Waals surface area contributed by atoms with Crippen molar-refractivity contribution < 1.29 is 19.4 Å². The standard InChI is InChI=1S/C29H38N2O4/c1-7-9-10-17-31-26(20-11-14-22(15-12-20)30(5)6)25(28(33)29(31)34)27(32)21-13-16-24(35-8-2)23(18-21)19(3)4/h11-16,18-19,26,32H,7-10,17H2,1-6H3/b27-25-. The summed E-state index contributed by atoms with van der Waals surface area (Å²) in [5, 5.41) is 11.4. The van der Waals surface area contributed by atoms with Crippen molar-refractivity contribution in [3.05, 3.63) is 64.7 Å². The third-order valence-corrected chi connectivity index (χ3v) is 6.47. The van der Waals surface area contributed by atoms with Crippen molar-refractivity contribution >= 4 is 23.1 Å². The smallest absolute Gasteiger partial charge is 0.295 e. The van der Waals surface area contributed by atoms with Gasteiger partial charge < -0.3 is 19.6 Å². The summed E-state index contributed by atoms with van der Waals surface area (Å²) in [6.45, 7) is 9.15. The molecule has 1 fully saturated rings. The normalized spacial score (nSPS) is 17.3. The zero-order valence-corrected chi connectivity index (χ0v) is 21.8. The molecule has 0 spiro atoms. The fourth-order valence-corrected chi connectivity index (χ4v) is 4.53. The van der Waals surface area contributed by atoms with E-state index in [0.717, 1.165) is 41.8 Å². The second-order valence-electron chi connectivity index (χ2n) is 9.53. The number of aliphatic hydroxyl groups is 1. The number of unbranched alkanes of at least 4 members (excludes halogenated alkanes) is 2. The van der Waals surface area contributed by atoms with Gasteiger partial charge in [-0.2, -0.15) is 0 Å². The van der Waals surface area contributed by atoms with E-state index in [0.29, 0.717) is 18.7 Å².